The zero-order valence-corrected chi connectivity index (χ0v) is 17.8. The summed E-state index contributed by atoms with van der Waals surface area (Å²) in [5.41, 5.74) is 0. The Labute approximate surface area is 167 Å². The van der Waals surface area contributed by atoms with Crippen molar-refractivity contribution in [3.63, 3.8) is 0 Å². The van der Waals surface area contributed by atoms with Gasteiger partial charge in [-0.1, -0.05) is 23.7 Å². The van der Waals surface area contributed by atoms with Gasteiger partial charge in [0.15, 0.2) is 5.96 Å². The number of hydrogen-bond acceptors (Lipinski definition) is 3. The van der Waals surface area contributed by atoms with Crippen molar-refractivity contribution in [1.82, 2.24) is 10.6 Å². The maximum absolute atomic E-state index is 6.09. The molecule has 1 atom stereocenters. The fourth-order valence-electron chi connectivity index (χ4n) is 1.94. The lowest BCUT2D eigenvalue weighted by atomic mass is 10.3. The van der Waals surface area contributed by atoms with Gasteiger partial charge in [0.2, 0.25) is 0 Å². The molecule has 0 aliphatic rings. The highest BCUT2D eigenvalue weighted by molar-refractivity contribution is 14.0. The third-order valence-corrected chi connectivity index (χ3v) is 3.47. The zero-order valence-electron chi connectivity index (χ0n) is 14.7. The minimum absolute atomic E-state index is 0. The molecule has 0 bridgehead atoms. The van der Waals surface area contributed by atoms with Crippen LogP contribution in [0, 0.1) is 0 Å². The molecule has 1 aromatic rings. The van der Waals surface area contributed by atoms with Gasteiger partial charge in [-0.15, -0.1) is 24.0 Å². The van der Waals surface area contributed by atoms with Crippen molar-refractivity contribution in [2.45, 2.75) is 32.8 Å². The van der Waals surface area contributed by atoms with E-state index in [9.17, 15) is 0 Å². The molecule has 1 aromatic carbocycles. The second kappa shape index (κ2) is 14.6. The van der Waals surface area contributed by atoms with Gasteiger partial charge in [-0.05, 0) is 38.8 Å². The van der Waals surface area contributed by atoms with Crippen molar-refractivity contribution < 1.29 is 9.47 Å². The van der Waals surface area contributed by atoms with E-state index in [-0.39, 0.29) is 30.1 Å². The summed E-state index contributed by atoms with van der Waals surface area (Å²) in [6.45, 7) is 7.10. The summed E-state index contributed by atoms with van der Waals surface area (Å²) >= 11 is 6.09. The highest BCUT2D eigenvalue weighted by Gasteiger charge is 2.07. The number of aliphatic imine (C=N–C) groups is 1. The number of guanidine groups is 1. The van der Waals surface area contributed by atoms with E-state index in [4.69, 9.17) is 21.1 Å². The molecule has 5 nitrogen and oxygen atoms in total. The van der Waals surface area contributed by atoms with Crippen LogP contribution in [0.25, 0.3) is 0 Å². The zero-order chi connectivity index (χ0) is 16.9. The maximum atomic E-state index is 6.09. The van der Waals surface area contributed by atoms with Crippen molar-refractivity contribution in [2.24, 2.45) is 4.99 Å². The second-order valence-electron chi connectivity index (χ2n) is 5.14. The highest BCUT2D eigenvalue weighted by atomic mass is 127. The third-order valence-electron chi connectivity index (χ3n) is 3.16. The molecule has 24 heavy (non-hydrogen) atoms. The van der Waals surface area contributed by atoms with E-state index in [1.807, 2.05) is 38.1 Å². The predicted octanol–water partition coefficient (Wildman–Crippen LogP) is 3.71. The number of nitrogens with one attached hydrogen (secondary N) is 2. The van der Waals surface area contributed by atoms with E-state index < -0.39 is 0 Å². The second-order valence-corrected chi connectivity index (χ2v) is 5.55. The van der Waals surface area contributed by atoms with Crippen LogP contribution in [0.4, 0.5) is 0 Å². The van der Waals surface area contributed by atoms with E-state index in [0.29, 0.717) is 17.3 Å². The van der Waals surface area contributed by atoms with E-state index in [2.05, 4.69) is 15.6 Å². The summed E-state index contributed by atoms with van der Waals surface area (Å²) in [6, 6.07) is 7.48. The quantitative estimate of drug-likeness (QED) is 0.237. The average molecular weight is 470 g/mol. The SMILES string of the molecule is CCOCCCCNC(=NC)NCC(C)Oc1ccccc1Cl.I. The number of unbranched alkanes of at least 4 members (excludes halogenated alkanes) is 1. The number of ether oxygens (including phenoxy) is 2. The Morgan fingerprint density at radius 3 is 2.67 bits per heavy atom. The van der Waals surface area contributed by atoms with Crippen LogP contribution < -0.4 is 15.4 Å². The first kappa shape index (κ1) is 23.3. The van der Waals surface area contributed by atoms with Gasteiger partial charge in [0.05, 0.1) is 11.6 Å². The Bertz CT molecular complexity index is 475. The van der Waals surface area contributed by atoms with Crippen molar-refractivity contribution >= 4 is 41.5 Å². The van der Waals surface area contributed by atoms with E-state index in [1.165, 1.54) is 0 Å². The normalized spacial score (nSPS) is 12.2. The number of benzene rings is 1. The lowest BCUT2D eigenvalue weighted by molar-refractivity contribution is 0.143. The summed E-state index contributed by atoms with van der Waals surface area (Å²) in [4.78, 5) is 4.20. The Hall–Kier alpha value is -0.730. The third kappa shape index (κ3) is 10.2. The van der Waals surface area contributed by atoms with Crippen LogP contribution in [0.5, 0.6) is 5.75 Å². The van der Waals surface area contributed by atoms with Gasteiger partial charge in [-0.25, -0.2) is 0 Å². The number of rotatable bonds is 10. The van der Waals surface area contributed by atoms with Crippen LogP contribution in [0.15, 0.2) is 29.3 Å². The minimum Gasteiger partial charge on any atom is -0.487 e. The Balaban J connectivity index is 0.00000529. The smallest absolute Gasteiger partial charge is 0.191 e. The number of halogens is 2. The van der Waals surface area contributed by atoms with Crippen molar-refractivity contribution in [2.75, 3.05) is 33.4 Å². The van der Waals surface area contributed by atoms with Gasteiger partial charge in [-0.2, -0.15) is 0 Å². The van der Waals surface area contributed by atoms with Crippen molar-refractivity contribution in [3.8, 4) is 5.75 Å². The van der Waals surface area contributed by atoms with E-state index in [1.54, 1.807) is 7.05 Å². The predicted molar refractivity (Wildman–Crippen MR) is 112 cm³/mol. The van der Waals surface area contributed by atoms with Gasteiger partial charge in [0, 0.05) is 26.8 Å². The fraction of sp³-hybridized carbons (Fsp3) is 0.588. The molecule has 2 N–H and O–H groups in total. The monoisotopic (exact) mass is 469 g/mol. The lowest BCUT2D eigenvalue weighted by Crippen LogP contribution is -2.42. The molecule has 0 saturated carbocycles. The molecule has 1 rings (SSSR count). The van der Waals surface area contributed by atoms with Gasteiger partial charge in [0.1, 0.15) is 11.9 Å². The lowest BCUT2D eigenvalue weighted by Gasteiger charge is -2.18. The van der Waals surface area contributed by atoms with Crippen molar-refractivity contribution in [1.29, 1.82) is 0 Å². The summed E-state index contributed by atoms with van der Waals surface area (Å²) < 4.78 is 11.1. The first-order chi connectivity index (χ1) is 11.2. The molecular formula is C17H29ClIN3O2. The van der Waals surface area contributed by atoms with Crippen LogP contribution in [0.1, 0.15) is 26.7 Å². The number of para-hydroxylation sites is 1. The molecule has 0 heterocycles. The maximum Gasteiger partial charge on any atom is 0.191 e. The summed E-state index contributed by atoms with van der Waals surface area (Å²) in [5, 5.41) is 7.15. The van der Waals surface area contributed by atoms with Crippen LogP contribution in [0.2, 0.25) is 5.02 Å². The Kier molecular flexibility index (Phi) is 14.2. The standard InChI is InChI=1S/C17H28ClN3O2.HI/c1-4-22-12-8-7-11-20-17(19-3)21-13-14(2)23-16-10-6-5-9-15(16)18;/h5-6,9-10,14H,4,7-8,11-13H2,1-3H3,(H2,19,20,21);1H. The first-order valence-electron chi connectivity index (χ1n) is 8.10. The van der Waals surface area contributed by atoms with E-state index in [0.717, 1.165) is 38.6 Å². The van der Waals surface area contributed by atoms with Gasteiger partial charge in [0.25, 0.3) is 0 Å². The van der Waals surface area contributed by atoms with Crippen LogP contribution in [-0.4, -0.2) is 45.4 Å². The highest BCUT2D eigenvalue weighted by Crippen LogP contribution is 2.23. The Morgan fingerprint density at radius 2 is 2.00 bits per heavy atom. The number of hydrogen-bond donors (Lipinski definition) is 2. The molecular weight excluding hydrogens is 441 g/mol. The molecule has 0 aliphatic heterocycles. The van der Waals surface area contributed by atoms with Gasteiger partial charge in [-0.3, -0.25) is 4.99 Å². The average Bonchev–Trinajstić information content (AvgIpc) is 2.55. The molecule has 138 valence electrons. The fourth-order valence-corrected chi connectivity index (χ4v) is 2.12. The molecule has 0 saturated heterocycles. The minimum atomic E-state index is -0.0218. The summed E-state index contributed by atoms with van der Waals surface area (Å²) in [5.74, 6) is 1.47. The molecule has 0 radical (unpaired) electrons. The molecule has 0 amide bonds. The topological polar surface area (TPSA) is 54.9 Å². The van der Waals surface area contributed by atoms with Crippen molar-refractivity contribution in [3.05, 3.63) is 29.3 Å². The van der Waals surface area contributed by atoms with Gasteiger partial charge >= 0.3 is 0 Å². The molecule has 1 unspecified atom stereocenters. The van der Waals surface area contributed by atoms with Crippen LogP contribution >= 0.6 is 35.6 Å². The molecule has 7 heteroatoms. The first-order valence-corrected chi connectivity index (χ1v) is 8.48. The van der Waals surface area contributed by atoms with Crippen LogP contribution in [-0.2, 0) is 4.74 Å². The summed E-state index contributed by atoms with van der Waals surface area (Å²) in [7, 11) is 1.76. The molecule has 0 spiro atoms. The number of nitrogens with zero attached hydrogens (tertiary/aromatic N) is 1. The van der Waals surface area contributed by atoms with Crippen LogP contribution in [0.3, 0.4) is 0 Å². The molecule has 0 fully saturated rings. The Morgan fingerprint density at radius 1 is 1.25 bits per heavy atom. The summed E-state index contributed by atoms with van der Waals surface area (Å²) in [6.07, 6.45) is 2.07. The molecule has 0 aliphatic carbocycles. The van der Waals surface area contributed by atoms with Gasteiger partial charge < -0.3 is 20.1 Å². The largest absolute Gasteiger partial charge is 0.487 e. The molecule has 0 aromatic heterocycles. The van der Waals surface area contributed by atoms with E-state index >= 15 is 0 Å².